The van der Waals surface area contributed by atoms with E-state index < -0.39 is 0 Å². The predicted octanol–water partition coefficient (Wildman–Crippen LogP) is 3.01. The Kier molecular flexibility index (Phi) is 2.81. The number of nitrogens with zero attached hydrogens (tertiary/aromatic N) is 1. The van der Waals surface area contributed by atoms with E-state index in [1.807, 2.05) is 6.20 Å². The first-order chi connectivity index (χ1) is 8.33. The first-order valence-corrected chi connectivity index (χ1v) is 6.40. The molecule has 1 fully saturated rings. The summed E-state index contributed by atoms with van der Waals surface area (Å²) in [6, 6.07) is 8.93. The van der Waals surface area contributed by atoms with Gasteiger partial charge in [-0.25, -0.2) is 0 Å². The Morgan fingerprint density at radius 1 is 1.29 bits per heavy atom. The third-order valence-corrected chi connectivity index (χ3v) is 3.61. The van der Waals surface area contributed by atoms with Crippen LogP contribution in [0.5, 0.6) is 0 Å². The largest absolute Gasteiger partial charge is 0.316 e. The fourth-order valence-electron chi connectivity index (χ4n) is 2.65. The lowest BCUT2D eigenvalue weighted by atomic mass is 9.91. The highest BCUT2D eigenvalue weighted by atomic mass is 14.9. The van der Waals surface area contributed by atoms with Crippen molar-refractivity contribution in [3.05, 3.63) is 41.6 Å². The third kappa shape index (κ3) is 2.18. The summed E-state index contributed by atoms with van der Waals surface area (Å²) in [4.78, 5) is 4.45. The van der Waals surface area contributed by atoms with E-state index >= 15 is 0 Å². The molecule has 1 saturated heterocycles. The Morgan fingerprint density at radius 3 is 3.06 bits per heavy atom. The van der Waals surface area contributed by atoms with E-state index in [4.69, 9.17) is 0 Å². The molecule has 1 aromatic carbocycles. The molecule has 0 bridgehead atoms. The molecule has 1 aliphatic rings. The molecular formula is C15H18N2. The van der Waals surface area contributed by atoms with Gasteiger partial charge in [-0.1, -0.05) is 6.07 Å². The summed E-state index contributed by atoms with van der Waals surface area (Å²) in [6.07, 6.45) is 4.52. The summed E-state index contributed by atoms with van der Waals surface area (Å²) in [5, 5.41) is 4.75. The quantitative estimate of drug-likeness (QED) is 0.808. The molecule has 1 aliphatic heterocycles. The number of pyridine rings is 1. The fourth-order valence-corrected chi connectivity index (χ4v) is 2.65. The van der Waals surface area contributed by atoms with Crippen molar-refractivity contribution in [1.29, 1.82) is 0 Å². The van der Waals surface area contributed by atoms with Crippen LogP contribution >= 0.6 is 0 Å². The van der Waals surface area contributed by atoms with Crippen LogP contribution in [0.1, 0.15) is 29.9 Å². The van der Waals surface area contributed by atoms with Crippen LogP contribution in [0.2, 0.25) is 0 Å². The summed E-state index contributed by atoms with van der Waals surface area (Å²) in [6.45, 7) is 4.39. The van der Waals surface area contributed by atoms with Gasteiger partial charge in [0.1, 0.15) is 0 Å². The SMILES string of the molecule is Cc1cnc2ccc(C3CCCNC3)cc2c1. The Bertz CT molecular complexity index is 527. The van der Waals surface area contributed by atoms with E-state index in [2.05, 4.69) is 41.5 Å². The molecule has 0 aliphatic carbocycles. The van der Waals surface area contributed by atoms with Gasteiger partial charge in [0.05, 0.1) is 5.52 Å². The van der Waals surface area contributed by atoms with E-state index in [1.54, 1.807) is 0 Å². The van der Waals surface area contributed by atoms with E-state index in [1.165, 1.54) is 35.9 Å². The van der Waals surface area contributed by atoms with Crippen molar-refractivity contribution in [3.8, 4) is 0 Å². The number of fused-ring (bicyclic) bond motifs is 1. The Labute approximate surface area is 102 Å². The minimum atomic E-state index is 0.675. The topological polar surface area (TPSA) is 24.9 Å². The summed E-state index contributed by atoms with van der Waals surface area (Å²) in [5.74, 6) is 0.675. The van der Waals surface area contributed by atoms with Crippen molar-refractivity contribution >= 4 is 10.9 Å². The Balaban J connectivity index is 1.99. The third-order valence-electron chi connectivity index (χ3n) is 3.61. The average molecular weight is 226 g/mol. The van der Waals surface area contributed by atoms with Gasteiger partial charge in [0.25, 0.3) is 0 Å². The lowest BCUT2D eigenvalue weighted by Crippen LogP contribution is -2.28. The summed E-state index contributed by atoms with van der Waals surface area (Å²) in [7, 11) is 0. The number of nitrogens with one attached hydrogen (secondary N) is 1. The highest BCUT2D eigenvalue weighted by Gasteiger charge is 2.15. The van der Waals surface area contributed by atoms with Gasteiger partial charge in [-0.2, -0.15) is 0 Å². The summed E-state index contributed by atoms with van der Waals surface area (Å²) in [5.41, 5.74) is 3.79. The molecule has 0 radical (unpaired) electrons. The Hall–Kier alpha value is -1.41. The van der Waals surface area contributed by atoms with Crippen molar-refractivity contribution in [2.45, 2.75) is 25.7 Å². The number of hydrogen-bond acceptors (Lipinski definition) is 2. The smallest absolute Gasteiger partial charge is 0.0702 e. The van der Waals surface area contributed by atoms with E-state index in [-0.39, 0.29) is 0 Å². The maximum Gasteiger partial charge on any atom is 0.0702 e. The van der Waals surface area contributed by atoms with Crippen LogP contribution < -0.4 is 5.32 Å². The average Bonchev–Trinajstić information content (AvgIpc) is 2.39. The van der Waals surface area contributed by atoms with Gasteiger partial charge in [0.2, 0.25) is 0 Å². The minimum absolute atomic E-state index is 0.675. The van der Waals surface area contributed by atoms with E-state index in [9.17, 15) is 0 Å². The molecule has 2 nitrogen and oxygen atoms in total. The van der Waals surface area contributed by atoms with Gasteiger partial charge in [-0.15, -0.1) is 0 Å². The summed E-state index contributed by atoms with van der Waals surface area (Å²) >= 11 is 0. The van der Waals surface area contributed by atoms with E-state index in [0.717, 1.165) is 12.1 Å². The highest BCUT2D eigenvalue weighted by molar-refractivity contribution is 5.79. The van der Waals surface area contributed by atoms with Crippen molar-refractivity contribution in [2.24, 2.45) is 0 Å². The first-order valence-electron chi connectivity index (χ1n) is 6.40. The van der Waals surface area contributed by atoms with Crippen molar-refractivity contribution < 1.29 is 0 Å². The second kappa shape index (κ2) is 4.46. The molecule has 17 heavy (non-hydrogen) atoms. The molecule has 1 unspecified atom stereocenters. The van der Waals surface area contributed by atoms with Crippen LogP contribution in [0.25, 0.3) is 10.9 Å². The minimum Gasteiger partial charge on any atom is -0.316 e. The van der Waals surface area contributed by atoms with Crippen LogP contribution in [0, 0.1) is 6.92 Å². The maximum atomic E-state index is 4.45. The number of hydrogen-bond donors (Lipinski definition) is 1. The molecule has 2 heterocycles. The molecule has 2 aromatic rings. The molecule has 1 atom stereocenters. The van der Waals surface area contributed by atoms with E-state index in [0.29, 0.717) is 5.92 Å². The zero-order valence-electron chi connectivity index (χ0n) is 10.2. The van der Waals surface area contributed by atoms with Gasteiger partial charge in [0, 0.05) is 18.1 Å². The molecule has 0 amide bonds. The van der Waals surface area contributed by atoms with Crippen molar-refractivity contribution in [1.82, 2.24) is 10.3 Å². The highest BCUT2D eigenvalue weighted by Crippen LogP contribution is 2.26. The monoisotopic (exact) mass is 226 g/mol. The standard InChI is InChI=1S/C15H18N2/c1-11-7-14-8-12(4-5-15(14)17-9-11)13-3-2-6-16-10-13/h4-5,7-9,13,16H,2-3,6,10H2,1H3. The van der Waals surface area contributed by atoms with Crippen LogP contribution in [0.3, 0.4) is 0 Å². The molecular weight excluding hydrogens is 208 g/mol. The van der Waals surface area contributed by atoms with Gasteiger partial charge >= 0.3 is 0 Å². The van der Waals surface area contributed by atoms with Crippen molar-refractivity contribution in [2.75, 3.05) is 13.1 Å². The van der Waals surface area contributed by atoms with Crippen LogP contribution in [-0.4, -0.2) is 18.1 Å². The summed E-state index contributed by atoms with van der Waals surface area (Å²) < 4.78 is 0. The maximum absolute atomic E-state index is 4.45. The van der Waals surface area contributed by atoms with Crippen LogP contribution in [0.4, 0.5) is 0 Å². The lowest BCUT2D eigenvalue weighted by molar-refractivity contribution is 0.462. The van der Waals surface area contributed by atoms with Gasteiger partial charge in [-0.3, -0.25) is 4.98 Å². The number of aryl methyl sites for hydroxylation is 1. The fraction of sp³-hybridized carbons (Fsp3) is 0.400. The molecule has 1 aromatic heterocycles. The number of piperidine rings is 1. The second-order valence-corrected chi connectivity index (χ2v) is 5.01. The van der Waals surface area contributed by atoms with Gasteiger partial charge in [0.15, 0.2) is 0 Å². The number of benzene rings is 1. The molecule has 3 rings (SSSR count). The number of aromatic nitrogens is 1. The normalized spacial score (nSPS) is 20.6. The molecule has 88 valence electrons. The van der Waals surface area contributed by atoms with Gasteiger partial charge < -0.3 is 5.32 Å². The molecule has 0 spiro atoms. The molecule has 1 N–H and O–H groups in total. The predicted molar refractivity (Wildman–Crippen MR) is 71.3 cm³/mol. The number of rotatable bonds is 1. The first kappa shape index (κ1) is 10.7. The van der Waals surface area contributed by atoms with Gasteiger partial charge in [-0.05, 0) is 61.6 Å². The lowest BCUT2D eigenvalue weighted by Gasteiger charge is -2.23. The molecule has 0 saturated carbocycles. The Morgan fingerprint density at radius 2 is 2.24 bits per heavy atom. The zero-order chi connectivity index (χ0) is 11.7. The van der Waals surface area contributed by atoms with Crippen LogP contribution in [-0.2, 0) is 0 Å². The zero-order valence-corrected chi connectivity index (χ0v) is 10.2. The second-order valence-electron chi connectivity index (χ2n) is 5.01. The van der Waals surface area contributed by atoms with Crippen molar-refractivity contribution in [3.63, 3.8) is 0 Å². The van der Waals surface area contributed by atoms with Crippen LogP contribution in [0.15, 0.2) is 30.5 Å². The molecule has 2 heteroatoms.